The van der Waals surface area contributed by atoms with Crippen molar-refractivity contribution in [2.24, 2.45) is 0 Å². The van der Waals surface area contributed by atoms with Gasteiger partial charge in [0.15, 0.2) is 0 Å². The maximum atomic E-state index is 11.9. The Kier molecular flexibility index (Phi) is 8.67. The highest BCUT2D eigenvalue weighted by Crippen LogP contribution is 2.28. The Balaban J connectivity index is 1.26. The van der Waals surface area contributed by atoms with E-state index in [9.17, 15) is 4.79 Å². The molecular formula is C35H30O4. The molecule has 0 aliphatic heterocycles. The van der Waals surface area contributed by atoms with Gasteiger partial charge in [-0.05, 0) is 52.6 Å². The predicted octanol–water partition coefficient (Wildman–Crippen LogP) is 7.83. The van der Waals surface area contributed by atoms with Crippen LogP contribution in [0.25, 0.3) is 0 Å². The first-order chi connectivity index (χ1) is 19.3. The first-order valence-corrected chi connectivity index (χ1v) is 13.0. The number of rotatable bonds is 12. The monoisotopic (exact) mass is 514 g/mol. The van der Waals surface area contributed by atoms with Crippen LogP contribution in [-0.2, 0) is 26.2 Å². The average Bonchev–Trinajstić information content (AvgIpc) is 3.00. The van der Waals surface area contributed by atoms with Crippen molar-refractivity contribution in [3.05, 3.63) is 161 Å². The number of hydrogen-bond acceptors (Lipinski definition) is 4. The van der Waals surface area contributed by atoms with E-state index in [0.717, 1.165) is 45.6 Å². The van der Waals surface area contributed by atoms with Crippen LogP contribution in [0.4, 0.5) is 0 Å². The molecule has 0 radical (unpaired) electrons. The van der Waals surface area contributed by atoms with Gasteiger partial charge >= 0.3 is 0 Å². The predicted molar refractivity (Wildman–Crippen MR) is 153 cm³/mol. The molecule has 0 heterocycles. The lowest BCUT2D eigenvalue weighted by Crippen LogP contribution is -2.03. The fourth-order valence-electron chi connectivity index (χ4n) is 4.33. The highest BCUT2D eigenvalue weighted by atomic mass is 16.5. The van der Waals surface area contributed by atoms with Crippen molar-refractivity contribution < 1.29 is 19.0 Å². The third-order valence-corrected chi connectivity index (χ3v) is 6.37. The van der Waals surface area contributed by atoms with Gasteiger partial charge in [0, 0.05) is 17.5 Å². The van der Waals surface area contributed by atoms with E-state index < -0.39 is 0 Å². The number of aldehydes is 1. The van der Waals surface area contributed by atoms with Crippen LogP contribution >= 0.6 is 0 Å². The van der Waals surface area contributed by atoms with Gasteiger partial charge in [-0.25, -0.2) is 0 Å². The largest absolute Gasteiger partial charge is 0.489 e. The molecule has 0 aliphatic carbocycles. The summed E-state index contributed by atoms with van der Waals surface area (Å²) < 4.78 is 18.2. The van der Waals surface area contributed by atoms with E-state index in [1.807, 2.05) is 127 Å². The zero-order valence-electron chi connectivity index (χ0n) is 21.7. The summed E-state index contributed by atoms with van der Waals surface area (Å²) in [5, 5.41) is 0. The molecule has 0 atom stereocenters. The average molecular weight is 515 g/mol. The topological polar surface area (TPSA) is 44.8 Å². The minimum atomic E-state index is 0.359. The summed E-state index contributed by atoms with van der Waals surface area (Å²) in [7, 11) is 0. The zero-order chi connectivity index (χ0) is 26.7. The standard InChI is InChI=1S/C35H30O4/c36-23-31-16-9-19-35(39-26-30-15-8-18-33(21-30)38-25-28-12-5-2-6-13-28)34(31)22-29-14-7-17-32(20-29)37-24-27-10-3-1-4-11-27/h1-21,23H,22,24-26H2. The fraction of sp³-hybridized carbons (Fsp3) is 0.114. The summed E-state index contributed by atoms with van der Waals surface area (Å²) >= 11 is 0. The summed E-state index contributed by atoms with van der Waals surface area (Å²) in [6.45, 7) is 1.36. The van der Waals surface area contributed by atoms with Crippen molar-refractivity contribution >= 4 is 6.29 Å². The molecule has 0 spiro atoms. The number of carbonyl (C=O) groups excluding carboxylic acids is 1. The molecule has 0 saturated carbocycles. The van der Waals surface area contributed by atoms with Crippen LogP contribution in [0, 0.1) is 0 Å². The second kappa shape index (κ2) is 13.1. The molecule has 4 heteroatoms. The molecular weight excluding hydrogens is 484 g/mol. The molecule has 194 valence electrons. The van der Waals surface area contributed by atoms with Crippen molar-refractivity contribution in [3.8, 4) is 17.2 Å². The first kappa shape index (κ1) is 25.8. The van der Waals surface area contributed by atoms with Crippen LogP contribution in [0.3, 0.4) is 0 Å². The van der Waals surface area contributed by atoms with Gasteiger partial charge in [-0.2, -0.15) is 0 Å². The summed E-state index contributed by atoms with van der Waals surface area (Å²) in [6.07, 6.45) is 1.43. The maximum Gasteiger partial charge on any atom is 0.150 e. The molecule has 0 bridgehead atoms. The van der Waals surface area contributed by atoms with Gasteiger partial charge < -0.3 is 14.2 Å². The van der Waals surface area contributed by atoms with Gasteiger partial charge in [0.25, 0.3) is 0 Å². The van der Waals surface area contributed by atoms with Crippen LogP contribution < -0.4 is 14.2 Å². The number of benzene rings is 5. The van der Waals surface area contributed by atoms with Crippen molar-refractivity contribution in [1.29, 1.82) is 0 Å². The molecule has 39 heavy (non-hydrogen) atoms. The molecule has 0 saturated heterocycles. The highest BCUT2D eigenvalue weighted by molar-refractivity contribution is 5.79. The summed E-state index contributed by atoms with van der Waals surface area (Å²) in [5.41, 5.74) is 5.71. The summed E-state index contributed by atoms with van der Waals surface area (Å²) in [6, 6.07) is 41.6. The Labute approximate surface area is 229 Å². The maximum absolute atomic E-state index is 11.9. The third-order valence-electron chi connectivity index (χ3n) is 6.37. The number of hydrogen-bond donors (Lipinski definition) is 0. The first-order valence-electron chi connectivity index (χ1n) is 13.0. The molecule has 4 nitrogen and oxygen atoms in total. The van der Waals surface area contributed by atoms with Crippen molar-refractivity contribution in [1.82, 2.24) is 0 Å². The van der Waals surface area contributed by atoms with Crippen molar-refractivity contribution in [3.63, 3.8) is 0 Å². The molecule has 0 amide bonds. The van der Waals surface area contributed by atoms with E-state index in [4.69, 9.17) is 14.2 Å². The lowest BCUT2D eigenvalue weighted by Gasteiger charge is -2.15. The Hall–Kier alpha value is -4.83. The smallest absolute Gasteiger partial charge is 0.150 e. The van der Waals surface area contributed by atoms with E-state index >= 15 is 0 Å². The van der Waals surface area contributed by atoms with Gasteiger partial charge in [-0.15, -0.1) is 0 Å². The molecule has 5 rings (SSSR count). The van der Waals surface area contributed by atoms with Crippen molar-refractivity contribution in [2.45, 2.75) is 26.2 Å². The Morgan fingerprint density at radius 2 is 1.00 bits per heavy atom. The van der Waals surface area contributed by atoms with Gasteiger partial charge in [-0.3, -0.25) is 4.79 Å². The van der Waals surface area contributed by atoms with E-state index in [0.29, 0.717) is 37.6 Å². The van der Waals surface area contributed by atoms with Crippen LogP contribution in [0.2, 0.25) is 0 Å². The van der Waals surface area contributed by atoms with Crippen molar-refractivity contribution in [2.75, 3.05) is 0 Å². The van der Waals surface area contributed by atoms with Gasteiger partial charge in [0.1, 0.15) is 43.4 Å². The van der Waals surface area contributed by atoms with Crippen LogP contribution in [-0.4, -0.2) is 6.29 Å². The summed E-state index contributed by atoms with van der Waals surface area (Å²) in [5.74, 6) is 2.26. The minimum absolute atomic E-state index is 0.359. The molecule has 0 N–H and O–H groups in total. The van der Waals surface area contributed by atoms with Gasteiger partial charge in [0.05, 0.1) is 0 Å². The minimum Gasteiger partial charge on any atom is -0.489 e. The second-order valence-electron chi connectivity index (χ2n) is 9.25. The van der Waals surface area contributed by atoms with E-state index in [2.05, 4.69) is 0 Å². The van der Waals surface area contributed by atoms with Crippen LogP contribution in [0.1, 0.15) is 38.2 Å². The number of carbonyl (C=O) groups is 1. The number of ether oxygens (including phenoxy) is 3. The van der Waals surface area contributed by atoms with E-state index in [1.54, 1.807) is 0 Å². The zero-order valence-corrected chi connectivity index (χ0v) is 21.7. The molecule has 0 unspecified atom stereocenters. The molecule has 0 fully saturated rings. The SMILES string of the molecule is O=Cc1cccc(OCc2cccc(OCc3ccccc3)c2)c1Cc1cccc(OCc2ccccc2)c1. The van der Waals surface area contributed by atoms with Gasteiger partial charge in [0.2, 0.25) is 0 Å². The Bertz CT molecular complexity index is 1500. The van der Waals surface area contributed by atoms with Gasteiger partial charge in [-0.1, -0.05) is 97.1 Å². The highest BCUT2D eigenvalue weighted by Gasteiger charge is 2.12. The summed E-state index contributed by atoms with van der Waals surface area (Å²) in [4.78, 5) is 11.9. The van der Waals surface area contributed by atoms with Crippen LogP contribution in [0.5, 0.6) is 17.2 Å². The molecule has 0 aliphatic rings. The van der Waals surface area contributed by atoms with E-state index in [-0.39, 0.29) is 0 Å². The normalized spacial score (nSPS) is 10.6. The Morgan fingerprint density at radius 3 is 1.62 bits per heavy atom. The molecule has 5 aromatic rings. The quantitative estimate of drug-likeness (QED) is 0.159. The third kappa shape index (κ3) is 7.36. The molecule has 5 aromatic carbocycles. The fourth-order valence-corrected chi connectivity index (χ4v) is 4.33. The second-order valence-corrected chi connectivity index (χ2v) is 9.25. The van der Waals surface area contributed by atoms with Crippen LogP contribution in [0.15, 0.2) is 127 Å². The van der Waals surface area contributed by atoms with E-state index in [1.165, 1.54) is 0 Å². The lowest BCUT2D eigenvalue weighted by atomic mass is 9.99. The lowest BCUT2D eigenvalue weighted by molar-refractivity contribution is 0.112. The Morgan fingerprint density at radius 1 is 0.487 bits per heavy atom. The molecule has 0 aromatic heterocycles.